The van der Waals surface area contributed by atoms with E-state index < -0.39 is 0 Å². The number of rotatable bonds is 7. The first-order chi connectivity index (χ1) is 11.9. The van der Waals surface area contributed by atoms with Crippen molar-refractivity contribution in [3.05, 3.63) is 30.6 Å². The van der Waals surface area contributed by atoms with Crippen LogP contribution in [-0.2, 0) is 9.47 Å². The molecule has 1 unspecified atom stereocenters. The zero-order valence-corrected chi connectivity index (χ0v) is 13.5. The molecule has 1 N–H and O–H groups in total. The second kappa shape index (κ2) is 7.15. The van der Waals surface area contributed by atoms with E-state index in [4.69, 9.17) is 13.9 Å². The molecule has 24 heavy (non-hydrogen) atoms. The van der Waals surface area contributed by atoms with Gasteiger partial charge in [-0.3, -0.25) is 0 Å². The largest absolute Gasteiger partial charge is 0.450 e. The van der Waals surface area contributed by atoms with Crippen LogP contribution < -0.4 is 5.32 Å². The normalized spacial score (nSPS) is 17.8. The van der Waals surface area contributed by atoms with Crippen LogP contribution in [0.25, 0.3) is 22.1 Å². The summed E-state index contributed by atoms with van der Waals surface area (Å²) in [5, 5.41) is 4.34. The summed E-state index contributed by atoms with van der Waals surface area (Å²) < 4.78 is 17.0. The van der Waals surface area contributed by atoms with Gasteiger partial charge in [0.2, 0.25) is 0 Å². The van der Waals surface area contributed by atoms with Crippen molar-refractivity contribution in [2.75, 3.05) is 38.3 Å². The maximum atomic E-state index is 5.90. The Kier molecular flexibility index (Phi) is 4.57. The highest BCUT2D eigenvalue weighted by molar-refractivity contribution is 6.05. The molecule has 126 valence electrons. The number of hydrogen-bond donors (Lipinski definition) is 1. The van der Waals surface area contributed by atoms with E-state index in [1.165, 1.54) is 0 Å². The third-order valence-corrected chi connectivity index (χ3v) is 4.29. The lowest BCUT2D eigenvalue weighted by Crippen LogP contribution is -2.12. The Morgan fingerprint density at radius 3 is 3.12 bits per heavy atom. The number of fused-ring (bicyclic) bond motifs is 3. The molecule has 0 aliphatic carbocycles. The predicted molar refractivity (Wildman–Crippen MR) is 92.2 cm³/mol. The second-order valence-corrected chi connectivity index (χ2v) is 6.08. The Hall–Kier alpha value is -2.18. The Bertz CT molecular complexity index is 811. The molecule has 0 radical (unpaired) electrons. The van der Waals surface area contributed by atoms with Crippen molar-refractivity contribution in [2.24, 2.45) is 5.92 Å². The van der Waals surface area contributed by atoms with Crippen LogP contribution in [0.3, 0.4) is 0 Å². The van der Waals surface area contributed by atoms with Gasteiger partial charge in [0.1, 0.15) is 17.4 Å². The van der Waals surface area contributed by atoms with Gasteiger partial charge in [0.25, 0.3) is 0 Å². The van der Waals surface area contributed by atoms with Crippen molar-refractivity contribution >= 4 is 27.9 Å². The summed E-state index contributed by atoms with van der Waals surface area (Å²) in [5.41, 5.74) is 2.39. The minimum absolute atomic E-state index is 0.565. The lowest BCUT2D eigenvalue weighted by molar-refractivity contribution is 0.0897. The molecule has 0 saturated carbocycles. The number of hydrogen-bond acceptors (Lipinski definition) is 6. The SMILES string of the molecule is c1ccc2c(c1)oc1c(NCCCOCC3CCOC3)ncnc12. The number of para-hydroxylation sites is 1. The summed E-state index contributed by atoms with van der Waals surface area (Å²) in [6.07, 6.45) is 3.60. The van der Waals surface area contributed by atoms with E-state index in [9.17, 15) is 0 Å². The van der Waals surface area contributed by atoms with E-state index >= 15 is 0 Å². The van der Waals surface area contributed by atoms with Gasteiger partial charge in [0.05, 0.1) is 13.2 Å². The summed E-state index contributed by atoms with van der Waals surface area (Å²) in [6.45, 7) is 4.02. The van der Waals surface area contributed by atoms with Crippen LogP contribution >= 0.6 is 0 Å². The van der Waals surface area contributed by atoms with Crippen molar-refractivity contribution in [2.45, 2.75) is 12.8 Å². The number of furan rings is 1. The molecule has 4 rings (SSSR count). The fourth-order valence-corrected chi connectivity index (χ4v) is 3.00. The summed E-state index contributed by atoms with van der Waals surface area (Å²) in [5.74, 6) is 1.30. The lowest BCUT2D eigenvalue weighted by atomic mass is 10.1. The van der Waals surface area contributed by atoms with Gasteiger partial charge in [0.15, 0.2) is 11.4 Å². The van der Waals surface area contributed by atoms with Gasteiger partial charge >= 0.3 is 0 Å². The van der Waals surface area contributed by atoms with Crippen molar-refractivity contribution in [3.63, 3.8) is 0 Å². The number of aromatic nitrogens is 2. The van der Waals surface area contributed by atoms with Crippen molar-refractivity contribution in [1.82, 2.24) is 9.97 Å². The summed E-state index contributed by atoms with van der Waals surface area (Å²) in [7, 11) is 0. The molecule has 1 aromatic carbocycles. The number of nitrogens with zero attached hydrogens (tertiary/aromatic N) is 2. The highest BCUT2D eigenvalue weighted by atomic mass is 16.5. The van der Waals surface area contributed by atoms with Crippen LogP contribution in [0.1, 0.15) is 12.8 Å². The van der Waals surface area contributed by atoms with E-state index in [0.29, 0.717) is 11.5 Å². The van der Waals surface area contributed by atoms with E-state index in [1.807, 2.05) is 24.3 Å². The first-order valence-corrected chi connectivity index (χ1v) is 8.43. The highest BCUT2D eigenvalue weighted by Gasteiger charge is 2.15. The number of anilines is 1. The molecule has 2 aromatic heterocycles. The van der Waals surface area contributed by atoms with E-state index in [0.717, 1.165) is 68.1 Å². The molecule has 1 atom stereocenters. The molecule has 6 heteroatoms. The second-order valence-electron chi connectivity index (χ2n) is 6.08. The summed E-state index contributed by atoms with van der Waals surface area (Å²) in [6, 6.07) is 7.90. The smallest absolute Gasteiger partial charge is 0.196 e. The average molecular weight is 327 g/mol. The topological polar surface area (TPSA) is 69.4 Å². The van der Waals surface area contributed by atoms with Gasteiger partial charge in [-0.05, 0) is 25.0 Å². The summed E-state index contributed by atoms with van der Waals surface area (Å²) >= 11 is 0. The van der Waals surface area contributed by atoms with E-state index in [1.54, 1.807) is 6.33 Å². The Morgan fingerprint density at radius 1 is 1.25 bits per heavy atom. The third kappa shape index (κ3) is 3.20. The molecule has 1 saturated heterocycles. The monoisotopic (exact) mass is 327 g/mol. The number of nitrogens with one attached hydrogen (secondary N) is 1. The first-order valence-electron chi connectivity index (χ1n) is 8.43. The van der Waals surface area contributed by atoms with Crippen LogP contribution in [-0.4, -0.2) is 42.9 Å². The van der Waals surface area contributed by atoms with Gasteiger partial charge in [0, 0.05) is 31.1 Å². The quantitative estimate of drug-likeness (QED) is 0.672. The number of ether oxygens (including phenoxy) is 2. The molecule has 1 fully saturated rings. The van der Waals surface area contributed by atoms with Crippen LogP contribution in [0.4, 0.5) is 5.82 Å². The molecule has 6 nitrogen and oxygen atoms in total. The van der Waals surface area contributed by atoms with Gasteiger partial charge in [-0.1, -0.05) is 12.1 Å². The standard InChI is InChI=1S/C18H21N3O3/c1-2-5-15-14(4-1)16-17(24-15)18(21-12-20-16)19-7-3-8-22-10-13-6-9-23-11-13/h1-2,4-5,12-13H,3,6-11H2,(H,19,20,21). The van der Waals surface area contributed by atoms with E-state index in [2.05, 4.69) is 15.3 Å². The van der Waals surface area contributed by atoms with Gasteiger partial charge in [-0.15, -0.1) is 0 Å². The Balaban J connectivity index is 1.33. The molecule has 0 amide bonds. The fraction of sp³-hybridized carbons (Fsp3) is 0.444. The maximum Gasteiger partial charge on any atom is 0.196 e. The lowest BCUT2D eigenvalue weighted by Gasteiger charge is -2.09. The molecule has 1 aliphatic heterocycles. The average Bonchev–Trinajstić information content (AvgIpc) is 3.25. The minimum atomic E-state index is 0.565. The molecule has 0 spiro atoms. The molecule has 1 aliphatic rings. The zero-order valence-electron chi connectivity index (χ0n) is 13.5. The maximum absolute atomic E-state index is 5.90. The number of benzene rings is 1. The van der Waals surface area contributed by atoms with E-state index in [-0.39, 0.29) is 0 Å². The highest BCUT2D eigenvalue weighted by Crippen LogP contribution is 2.30. The van der Waals surface area contributed by atoms with Crippen LogP contribution in [0.2, 0.25) is 0 Å². The molecular formula is C18H21N3O3. The van der Waals surface area contributed by atoms with Crippen LogP contribution in [0.5, 0.6) is 0 Å². The first kappa shape index (κ1) is 15.4. The van der Waals surface area contributed by atoms with Crippen molar-refractivity contribution < 1.29 is 13.9 Å². The minimum Gasteiger partial charge on any atom is -0.450 e. The van der Waals surface area contributed by atoms with Gasteiger partial charge in [-0.25, -0.2) is 9.97 Å². The molecule has 3 heterocycles. The van der Waals surface area contributed by atoms with Crippen molar-refractivity contribution in [3.8, 4) is 0 Å². The Labute approximate surface area is 140 Å². The summed E-state index contributed by atoms with van der Waals surface area (Å²) in [4.78, 5) is 8.66. The molecule has 0 bridgehead atoms. The zero-order chi connectivity index (χ0) is 16.2. The Morgan fingerprint density at radius 2 is 2.21 bits per heavy atom. The van der Waals surface area contributed by atoms with Crippen LogP contribution in [0, 0.1) is 5.92 Å². The third-order valence-electron chi connectivity index (χ3n) is 4.29. The van der Waals surface area contributed by atoms with Crippen LogP contribution in [0.15, 0.2) is 35.0 Å². The molecule has 3 aromatic rings. The van der Waals surface area contributed by atoms with Crippen molar-refractivity contribution in [1.29, 1.82) is 0 Å². The van der Waals surface area contributed by atoms with Gasteiger partial charge in [-0.2, -0.15) is 0 Å². The fourth-order valence-electron chi connectivity index (χ4n) is 3.00. The predicted octanol–water partition coefficient (Wildman–Crippen LogP) is 3.23. The molecular weight excluding hydrogens is 306 g/mol. The van der Waals surface area contributed by atoms with Gasteiger partial charge < -0.3 is 19.2 Å².